The van der Waals surface area contributed by atoms with E-state index in [0.717, 1.165) is 0 Å². The largest absolute Gasteiger partial charge is 0.485 e. The van der Waals surface area contributed by atoms with Crippen molar-refractivity contribution < 1.29 is 19.2 Å². The summed E-state index contributed by atoms with van der Waals surface area (Å²) in [4.78, 5) is 22.8. The van der Waals surface area contributed by atoms with Gasteiger partial charge in [0.05, 0.1) is 10.6 Å². The first-order valence-electron chi connectivity index (χ1n) is 7.84. The predicted octanol–water partition coefficient (Wildman–Crippen LogP) is 2.33. The van der Waals surface area contributed by atoms with Crippen molar-refractivity contribution in [2.24, 2.45) is 0 Å². The summed E-state index contributed by atoms with van der Waals surface area (Å²) >= 11 is 0. The number of carbonyl (C=O) groups excluding carboxylic acids is 1. The van der Waals surface area contributed by atoms with Gasteiger partial charge in [0.25, 0.3) is 11.6 Å². The lowest BCUT2D eigenvalue weighted by molar-refractivity contribution is -0.385. The lowest BCUT2D eigenvalue weighted by atomic mass is 10.1. The molecule has 1 heterocycles. The van der Waals surface area contributed by atoms with E-state index in [1.54, 1.807) is 37.3 Å². The Kier molecular flexibility index (Phi) is 4.74. The van der Waals surface area contributed by atoms with Gasteiger partial charge >= 0.3 is 0 Å². The Morgan fingerprint density at radius 2 is 1.96 bits per heavy atom. The molecule has 1 aliphatic heterocycles. The summed E-state index contributed by atoms with van der Waals surface area (Å²) in [6.07, 6.45) is -0.822. The van der Waals surface area contributed by atoms with Crippen LogP contribution in [-0.4, -0.2) is 23.5 Å². The number of hydrazine groups is 1. The van der Waals surface area contributed by atoms with Crippen LogP contribution in [0.4, 0.5) is 5.69 Å². The molecule has 0 spiro atoms. The van der Waals surface area contributed by atoms with Gasteiger partial charge in [0.1, 0.15) is 6.61 Å². The zero-order valence-corrected chi connectivity index (χ0v) is 14.0. The third-order valence-electron chi connectivity index (χ3n) is 3.89. The maximum Gasteiger partial charge on any atom is 0.282 e. The summed E-state index contributed by atoms with van der Waals surface area (Å²) in [7, 11) is 0. The molecule has 2 aromatic carbocycles. The monoisotopic (exact) mass is 355 g/mol. The molecule has 0 radical (unpaired) electrons. The number of nitro groups is 1. The van der Waals surface area contributed by atoms with Crippen LogP contribution >= 0.6 is 0 Å². The molecule has 0 aliphatic carbocycles. The standard InChI is InChI=1S/C18H17N3O5/c1-11-7-8-13(9-14(11)21(23)24)12(2)19-20-18(22)17-10-25-15-5-3-4-6-16(15)26-17/h3-9,17,19H,2,10H2,1H3,(H,20,22)/t17-/m0/s1. The molecule has 26 heavy (non-hydrogen) atoms. The average molecular weight is 355 g/mol. The minimum Gasteiger partial charge on any atom is -0.485 e. The summed E-state index contributed by atoms with van der Waals surface area (Å²) in [6.45, 7) is 5.51. The molecule has 1 aliphatic rings. The number of nitrogens with one attached hydrogen (secondary N) is 2. The van der Waals surface area contributed by atoms with E-state index in [9.17, 15) is 14.9 Å². The third-order valence-corrected chi connectivity index (χ3v) is 3.89. The van der Waals surface area contributed by atoms with E-state index < -0.39 is 16.9 Å². The maximum atomic E-state index is 12.2. The second-order valence-corrected chi connectivity index (χ2v) is 5.72. The number of nitrogens with zero attached hydrogens (tertiary/aromatic N) is 1. The van der Waals surface area contributed by atoms with Crippen molar-refractivity contribution in [2.75, 3.05) is 6.61 Å². The molecule has 0 bridgehead atoms. The van der Waals surface area contributed by atoms with Crippen LogP contribution in [-0.2, 0) is 4.79 Å². The summed E-state index contributed by atoms with van der Waals surface area (Å²) in [5, 5.41) is 11.0. The van der Waals surface area contributed by atoms with Crippen molar-refractivity contribution in [3.8, 4) is 11.5 Å². The van der Waals surface area contributed by atoms with Gasteiger partial charge < -0.3 is 9.47 Å². The zero-order valence-electron chi connectivity index (χ0n) is 14.0. The van der Waals surface area contributed by atoms with E-state index in [0.29, 0.717) is 28.3 Å². The van der Waals surface area contributed by atoms with Crippen LogP contribution in [0.3, 0.4) is 0 Å². The van der Waals surface area contributed by atoms with Gasteiger partial charge in [-0.1, -0.05) is 30.8 Å². The number of fused-ring (bicyclic) bond motifs is 1. The van der Waals surface area contributed by atoms with Crippen LogP contribution in [0.2, 0.25) is 0 Å². The summed E-state index contributed by atoms with van der Waals surface area (Å²) < 4.78 is 11.1. The molecule has 0 fully saturated rings. The van der Waals surface area contributed by atoms with E-state index in [-0.39, 0.29) is 12.3 Å². The summed E-state index contributed by atoms with van der Waals surface area (Å²) in [6, 6.07) is 11.8. The number of nitro benzene ring substituents is 1. The van der Waals surface area contributed by atoms with E-state index in [1.165, 1.54) is 6.07 Å². The fraction of sp³-hybridized carbons (Fsp3) is 0.167. The van der Waals surface area contributed by atoms with Gasteiger partial charge in [-0.2, -0.15) is 0 Å². The van der Waals surface area contributed by atoms with Gasteiger partial charge in [-0.3, -0.25) is 25.8 Å². The molecule has 0 unspecified atom stereocenters. The van der Waals surface area contributed by atoms with Gasteiger partial charge in [-0.05, 0) is 19.1 Å². The van der Waals surface area contributed by atoms with Crippen LogP contribution in [0.25, 0.3) is 5.70 Å². The summed E-state index contributed by atoms with van der Waals surface area (Å²) in [5.74, 6) is 0.634. The van der Waals surface area contributed by atoms with E-state index in [2.05, 4.69) is 17.4 Å². The minimum atomic E-state index is -0.822. The van der Waals surface area contributed by atoms with Gasteiger partial charge in [-0.15, -0.1) is 0 Å². The van der Waals surface area contributed by atoms with Crippen molar-refractivity contribution in [3.05, 3.63) is 70.3 Å². The number of hydrogen-bond donors (Lipinski definition) is 2. The Morgan fingerprint density at radius 3 is 2.69 bits per heavy atom. The first-order chi connectivity index (χ1) is 12.5. The topological polar surface area (TPSA) is 103 Å². The SMILES string of the molecule is C=C(NNC(=O)[C@@H]1COc2ccccc2O1)c1ccc(C)c([N+](=O)[O-])c1. The molecule has 0 saturated carbocycles. The van der Waals surface area contributed by atoms with E-state index >= 15 is 0 Å². The van der Waals surface area contributed by atoms with Crippen LogP contribution in [0.15, 0.2) is 49.0 Å². The molecule has 8 heteroatoms. The smallest absolute Gasteiger partial charge is 0.282 e. The molecule has 1 amide bonds. The lowest BCUT2D eigenvalue weighted by Gasteiger charge is -2.25. The first-order valence-corrected chi connectivity index (χ1v) is 7.84. The van der Waals surface area contributed by atoms with Gasteiger partial charge in [0.2, 0.25) is 6.10 Å². The number of aryl methyl sites for hydroxylation is 1. The number of benzene rings is 2. The highest BCUT2D eigenvalue weighted by atomic mass is 16.6. The maximum absolute atomic E-state index is 12.2. The molecule has 0 saturated heterocycles. The highest BCUT2D eigenvalue weighted by Gasteiger charge is 2.27. The van der Waals surface area contributed by atoms with Crippen molar-refractivity contribution >= 4 is 17.3 Å². The number of hydrogen-bond acceptors (Lipinski definition) is 6. The van der Waals surface area contributed by atoms with Crippen molar-refractivity contribution in [1.82, 2.24) is 10.9 Å². The molecule has 8 nitrogen and oxygen atoms in total. The fourth-order valence-corrected chi connectivity index (χ4v) is 2.43. The molecular weight excluding hydrogens is 338 g/mol. The number of amides is 1. The highest BCUT2D eigenvalue weighted by molar-refractivity contribution is 5.82. The van der Waals surface area contributed by atoms with Crippen LogP contribution < -0.4 is 20.3 Å². The molecule has 2 N–H and O–H groups in total. The zero-order chi connectivity index (χ0) is 18.7. The third kappa shape index (κ3) is 3.59. The molecule has 1 atom stereocenters. The van der Waals surface area contributed by atoms with E-state index in [4.69, 9.17) is 9.47 Å². The van der Waals surface area contributed by atoms with Crippen molar-refractivity contribution in [1.29, 1.82) is 0 Å². The molecule has 134 valence electrons. The van der Waals surface area contributed by atoms with Gasteiger partial charge in [0, 0.05) is 17.2 Å². The highest BCUT2D eigenvalue weighted by Crippen LogP contribution is 2.30. The molecule has 3 rings (SSSR count). The minimum absolute atomic E-state index is 0.0163. The van der Waals surface area contributed by atoms with Crippen LogP contribution in [0, 0.1) is 17.0 Å². The number of ether oxygens (including phenoxy) is 2. The Labute approximate surface area is 149 Å². The predicted molar refractivity (Wildman–Crippen MR) is 94.5 cm³/mol. The second kappa shape index (κ2) is 7.14. The van der Waals surface area contributed by atoms with Gasteiger partial charge in [0.15, 0.2) is 11.5 Å². The molecular formula is C18H17N3O5. The average Bonchev–Trinajstić information content (AvgIpc) is 2.65. The number of carbonyl (C=O) groups is 1. The van der Waals surface area contributed by atoms with E-state index in [1.807, 2.05) is 6.07 Å². The summed E-state index contributed by atoms with van der Waals surface area (Å²) in [5.41, 5.74) is 6.47. The first kappa shape index (κ1) is 17.3. The quantitative estimate of drug-likeness (QED) is 0.630. The Morgan fingerprint density at radius 1 is 1.23 bits per heavy atom. The van der Waals surface area contributed by atoms with Gasteiger partial charge in [-0.25, -0.2) is 0 Å². The number of para-hydroxylation sites is 2. The Bertz CT molecular complexity index is 881. The van der Waals surface area contributed by atoms with Crippen molar-refractivity contribution in [2.45, 2.75) is 13.0 Å². The molecule has 0 aromatic heterocycles. The molecule has 2 aromatic rings. The normalized spacial score (nSPS) is 15.0. The fourth-order valence-electron chi connectivity index (χ4n) is 2.43. The van der Waals surface area contributed by atoms with Crippen LogP contribution in [0.5, 0.6) is 11.5 Å². The number of rotatable bonds is 5. The second-order valence-electron chi connectivity index (χ2n) is 5.72. The van der Waals surface area contributed by atoms with Crippen molar-refractivity contribution in [3.63, 3.8) is 0 Å². The lowest BCUT2D eigenvalue weighted by Crippen LogP contribution is -2.48. The Hall–Kier alpha value is -3.55. The van der Waals surface area contributed by atoms with Crippen LogP contribution in [0.1, 0.15) is 11.1 Å². The Balaban J connectivity index is 1.61.